The van der Waals surface area contributed by atoms with Crippen LogP contribution in [-0.4, -0.2) is 4.98 Å². The Morgan fingerprint density at radius 1 is 1.22 bits per heavy atom. The van der Waals surface area contributed by atoms with Gasteiger partial charge in [0.1, 0.15) is 11.5 Å². The van der Waals surface area contributed by atoms with Crippen molar-refractivity contribution in [2.45, 2.75) is 26.3 Å². The van der Waals surface area contributed by atoms with E-state index < -0.39 is 0 Å². The second kappa shape index (κ2) is 5.65. The summed E-state index contributed by atoms with van der Waals surface area (Å²) in [6.07, 6.45) is 2.60. The van der Waals surface area contributed by atoms with Crippen LogP contribution in [0, 0.1) is 6.92 Å². The fourth-order valence-electron chi connectivity index (χ4n) is 1.68. The van der Waals surface area contributed by atoms with Crippen molar-refractivity contribution in [1.29, 1.82) is 0 Å². The summed E-state index contributed by atoms with van der Waals surface area (Å²) in [5.41, 5.74) is 7.92. The van der Waals surface area contributed by atoms with Crippen LogP contribution in [0.1, 0.15) is 30.6 Å². The van der Waals surface area contributed by atoms with Gasteiger partial charge in [0.2, 0.25) is 0 Å². The molecule has 0 saturated carbocycles. The van der Waals surface area contributed by atoms with Crippen LogP contribution in [0.5, 0.6) is 11.5 Å². The van der Waals surface area contributed by atoms with Gasteiger partial charge < -0.3 is 10.5 Å². The molecule has 0 saturated heterocycles. The number of aromatic nitrogens is 1. The Balaban J connectivity index is 2.14. The van der Waals surface area contributed by atoms with Crippen LogP contribution in [0.3, 0.4) is 0 Å². The lowest BCUT2D eigenvalue weighted by atomic mass is 10.1. The number of nitrogens with two attached hydrogens (primary N) is 1. The van der Waals surface area contributed by atoms with Crippen molar-refractivity contribution in [2.75, 3.05) is 0 Å². The Labute approximate surface area is 108 Å². The van der Waals surface area contributed by atoms with E-state index in [1.165, 1.54) is 0 Å². The second-order valence-electron chi connectivity index (χ2n) is 4.30. The first-order valence-corrected chi connectivity index (χ1v) is 6.15. The number of ether oxygens (including phenoxy) is 1. The second-order valence-corrected chi connectivity index (χ2v) is 4.30. The third kappa shape index (κ3) is 2.87. The molecule has 3 heteroatoms. The Hall–Kier alpha value is -1.87. The average molecular weight is 242 g/mol. The number of aryl methyl sites for hydroxylation is 1. The lowest BCUT2D eigenvalue weighted by molar-refractivity contribution is 0.475. The third-order valence-corrected chi connectivity index (χ3v) is 2.90. The van der Waals surface area contributed by atoms with E-state index in [0.717, 1.165) is 29.2 Å². The van der Waals surface area contributed by atoms with E-state index in [4.69, 9.17) is 10.5 Å². The average Bonchev–Trinajstić information content (AvgIpc) is 2.41. The third-order valence-electron chi connectivity index (χ3n) is 2.90. The molecule has 2 aromatic rings. The van der Waals surface area contributed by atoms with Crippen molar-refractivity contribution in [2.24, 2.45) is 5.73 Å². The van der Waals surface area contributed by atoms with Crippen LogP contribution < -0.4 is 10.5 Å². The van der Waals surface area contributed by atoms with Gasteiger partial charge in [0.05, 0.1) is 11.9 Å². The number of pyridine rings is 1. The zero-order chi connectivity index (χ0) is 13.0. The van der Waals surface area contributed by atoms with Gasteiger partial charge in [0.15, 0.2) is 0 Å². The van der Waals surface area contributed by atoms with Gasteiger partial charge >= 0.3 is 0 Å². The summed E-state index contributed by atoms with van der Waals surface area (Å²) in [5, 5.41) is 0. The summed E-state index contributed by atoms with van der Waals surface area (Å²) >= 11 is 0. The highest BCUT2D eigenvalue weighted by Crippen LogP contribution is 2.24. The topological polar surface area (TPSA) is 48.1 Å². The molecule has 2 rings (SSSR count). The Morgan fingerprint density at radius 3 is 2.61 bits per heavy atom. The molecule has 3 nitrogen and oxygen atoms in total. The van der Waals surface area contributed by atoms with Crippen molar-refractivity contribution in [3.63, 3.8) is 0 Å². The van der Waals surface area contributed by atoms with Crippen LogP contribution >= 0.6 is 0 Å². The van der Waals surface area contributed by atoms with Crippen molar-refractivity contribution < 1.29 is 4.74 Å². The highest BCUT2D eigenvalue weighted by Gasteiger charge is 2.05. The van der Waals surface area contributed by atoms with Crippen molar-refractivity contribution >= 4 is 0 Å². The smallest absolute Gasteiger partial charge is 0.145 e. The van der Waals surface area contributed by atoms with Crippen molar-refractivity contribution in [3.05, 3.63) is 53.9 Å². The highest BCUT2D eigenvalue weighted by molar-refractivity contribution is 5.36. The normalized spacial score (nSPS) is 12.2. The van der Waals surface area contributed by atoms with E-state index in [-0.39, 0.29) is 6.04 Å². The van der Waals surface area contributed by atoms with E-state index in [1.54, 1.807) is 6.20 Å². The van der Waals surface area contributed by atoms with Gasteiger partial charge in [-0.2, -0.15) is 0 Å². The monoisotopic (exact) mass is 242 g/mol. The zero-order valence-electron chi connectivity index (χ0n) is 10.8. The number of para-hydroxylation sites is 1. The van der Waals surface area contributed by atoms with Gasteiger partial charge in [-0.05, 0) is 37.1 Å². The number of hydrogen-bond donors (Lipinski definition) is 1. The molecule has 0 spiro atoms. The molecule has 0 aliphatic heterocycles. The van der Waals surface area contributed by atoms with Crippen LogP contribution in [0.4, 0.5) is 0 Å². The minimum Gasteiger partial charge on any atom is -0.455 e. The minimum atomic E-state index is -0.00230. The standard InChI is InChI=1S/C15H18N2O/c1-3-13(16)14-9-8-12(10-17-14)18-15-7-5-4-6-11(15)2/h4-10,13H,3,16H2,1-2H3/t13-/m0/s1. The van der Waals surface area contributed by atoms with E-state index in [1.807, 2.05) is 50.2 Å². The zero-order valence-corrected chi connectivity index (χ0v) is 10.8. The maximum atomic E-state index is 5.92. The molecule has 0 unspecified atom stereocenters. The van der Waals surface area contributed by atoms with Crippen molar-refractivity contribution in [3.8, 4) is 11.5 Å². The molecular formula is C15H18N2O. The molecule has 0 bridgehead atoms. The van der Waals surface area contributed by atoms with Gasteiger partial charge in [-0.15, -0.1) is 0 Å². The number of benzene rings is 1. The van der Waals surface area contributed by atoms with Gasteiger partial charge in [-0.1, -0.05) is 25.1 Å². The molecule has 1 aromatic heterocycles. The summed E-state index contributed by atoms with van der Waals surface area (Å²) in [6.45, 7) is 4.06. The summed E-state index contributed by atoms with van der Waals surface area (Å²) in [7, 11) is 0. The quantitative estimate of drug-likeness (QED) is 0.891. The molecule has 0 aliphatic rings. The molecule has 0 fully saturated rings. The number of nitrogens with zero attached hydrogens (tertiary/aromatic N) is 1. The molecule has 0 amide bonds. The van der Waals surface area contributed by atoms with Crippen LogP contribution in [0.25, 0.3) is 0 Å². The van der Waals surface area contributed by atoms with E-state index in [0.29, 0.717) is 0 Å². The van der Waals surface area contributed by atoms with Gasteiger partial charge in [0.25, 0.3) is 0 Å². The van der Waals surface area contributed by atoms with Crippen LogP contribution in [0.15, 0.2) is 42.6 Å². The number of rotatable bonds is 4. The molecule has 94 valence electrons. The lowest BCUT2D eigenvalue weighted by Crippen LogP contribution is -2.10. The maximum absolute atomic E-state index is 5.92. The number of hydrogen-bond acceptors (Lipinski definition) is 3. The molecule has 1 aromatic carbocycles. The van der Waals surface area contributed by atoms with E-state index in [9.17, 15) is 0 Å². The van der Waals surface area contributed by atoms with E-state index in [2.05, 4.69) is 4.98 Å². The van der Waals surface area contributed by atoms with Crippen molar-refractivity contribution in [1.82, 2.24) is 4.98 Å². The van der Waals surface area contributed by atoms with Gasteiger partial charge in [-0.25, -0.2) is 0 Å². The molecule has 1 heterocycles. The fraction of sp³-hybridized carbons (Fsp3) is 0.267. The largest absolute Gasteiger partial charge is 0.455 e. The predicted octanol–water partition coefficient (Wildman–Crippen LogP) is 3.59. The first-order chi connectivity index (χ1) is 8.70. The molecule has 1 atom stereocenters. The SMILES string of the molecule is CC[C@H](N)c1ccc(Oc2ccccc2C)cn1. The van der Waals surface area contributed by atoms with Gasteiger partial charge in [0, 0.05) is 6.04 Å². The molecule has 0 aliphatic carbocycles. The first kappa shape index (κ1) is 12.6. The fourth-order valence-corrected chi connectivity index (χ4v) is 1.68. The lowest BCUT2D eigenvalue weighted by Gasteiger charge is -2.10. The summed E-state index contributed by atoms with van der Waals surface area (Å²) < 4.78 is 5.77. The maximum Gasteiger partial charge on any atom is 0.145 e. The van der Waals surface area contributed by atoms with Crippen LogP contribution in [-0.2, 0) is 0 Å². The van der Waals surface area contributed by atoms with Gasteiger partial charge in [-0.3, -0.25) is 4.98 Å². The van der Waals surface area contributed by atoms with E-state index >= 15 is 0 Å². The Kier molecular flexibility index (Phi) is 3.95. The minimum absolute atomic E-state index is 0.00230. The van der Waals surface area contributed by atoms with Crippen LogP contribution in [0.2, 0.25) is 0 Å². The Morgan fingerprint density at radius 2 is 2.00 bits per heavy atom. The Bertz CT molecular complexity index is 508. The summed E-state index contributed by atoms with van der Waals surface area (Å²) in [4.78, 5) is 4.33. The summed E-state index contributed by atoms with van der Waals surface area (Å²) in [5.74, 6) is 1.59. The molecule has 0 radical (unpaired) electrons. The molecular weight excluding hydrogens is 224 g/mol. The first-order valence-electron chi connectivity index (χ1n) is 6.15. The summed E-state index contributed by atoms with van der Waals surface area (Å²) in [6, 6.07) is 11.7. The highest BCUT2D eigenvalue weighted by atomic mass is 16.5. The molecule has 2 N–H and O–H groups in total. The molecule has 18 heavy (non-hydrogen) atoms. The predicted molar refractivity (Wildman–Crippen MR) is 72.7 cm³/mol.